The van der Waals surface area contributed by atoms with Crippen LogP contribution in [0.4, 0.5) is 25.1 Å². The van der Waals surface area contributed by atoms with Gasteiger partial charge in [0.2, 0.25) is 0 Å². The molecule has 0 unspecified atom stereocenters. The van der Waals surface area contributed by atoms with Gasteiger partial charge in [0, 0.05) is 17.8 Å². The Morgan fingerprint density at radius 2 is 1.60 bits per heavy atom. The van der Waals surface area contributed by atoms with Gasteiger partial charge in [-0.15, -0.1) is 0 Å². The minimum atomic E-state index is -9.96. The summed E-state index contributed by atoms with van der Waals surface area (Å²) in [5.41, 5.74) is -0.758. The Bertz CT molecular complexity index is 838. The third-order valence-electron chi connectivity index (χ3n) is 3.01. The van der Waals surface area contributed by atoms with E-state index in [0.717, 1.165) is 13.2 Å². The highest BCUT2D eigenvalue weighted by atomic mass is 35.5. The van der Waals surface area contributed by atoms with Crippen molar-refractivity contribution in [1.82, 2.24) is 0 Å². The first-order chi connectivity index (χ1) is 11.2. The number of carbonyl (C=O) groups is 1. The van der Waals surface area contributed by atoms with Crippen LogP contribution in [0.2, 0.25) is 10.0 Å². The molecule has 0 aliphatic heterocycles. The summed E-state index contributed by atoms with van der Waals surface area (Å²) >= 11 is 11.7. The van der Waals surface area contributed by atoms with E-state index in [4.69, 9.17) is 23.2 Å². The summed E-state index contributed by atoms with van der Waals surface area (Å²) < 4.78 is 69.7. The second-order valence-electron chi connectivity index (χ2n) is 4.92. The largest absolute Gasteiger partial charge is 0.497 e. The van der Waals surface area contributed by atoms with E-state index in [0.29, 0.717) is 0 Å². The predicted octanol–water partition coefficient (Wildman–Crippen LogP) is 6.91. The van der Waals surface area contributed by atoms with Crippen LogP contribution in [-0.2, 0) is 0 Å². The van der Waals surface area contributed by atoms with Crippen molar-refractivity contribution in [2.45, 2.75) is 4.90 Å². The second-order valence-corrected chi connectivity index (χ2v) is 8.14. The fourth-order valence-electron chi connectivity index (χ4n) is 1.89. The summed E-state index contributed by atoms with van der Waals surface area (Å²) in [6, 6.07) is 5.36. The Morgan fingerprint density at radius 3 is 2.08 bits per heavy atom. The molecule has 0 aromatic heterocycles. The van der Waals surface area contributed by atoms with Crippen molar-refractivity contribution in [1.29, 1.82) is 0 Å². The lowest BCUT2D eigenvalue weighted by Gasteiger charge is -2.40. The molecule has 0 spiro atoms. The molecule has 1 N–H and O–H groups in total. The van der Waals surface area contributed by atoms with Crippen LogP contribution in [0.1, 0.15) is 10.4 Å². The minimum absolute atomic E-state index is 0.0548. The summed E-state index contributed by atoms with van der Waals surface area (Å²) in [7, 11) is -8.96. The maximum Gasteiger partial charge on any atom is 0.310 e. The summed E-state index contributed by atoms with van der Waals surface area (Å²) in [5, 5.41) is 1.95. The fourth-order valence-corrected chi connectivity index (χ4v) is 3.15. The molecule has 11 heteroatoms. The number of benzene rings is 2. The van der Waals surface area contributed by atoms with Crippen molar-refractivity contribution >= 4 is 45.0 Å². The van der Waals surface area contributed by atoms with Crippen LogP contribution in [0, 0.1) is 0 Å². The monoisotopic (exact) mass is 421 g/mol. The molecular weight excluding hydrogens is 412 g/mol. The highest BCUT2D eigenvalue weighted by molar-refractivity contribution is 8.45. The van der Waals surface area contributed by atoms with Crippen LogP contribution in [0.15, 0.2) is 41.3 Å². The van der Waals surface area contributed by atoms with Gasteiger partial charge < -0.3 is 10.1 Å². The highest BCUT2D eigenvalue weighted by Gasteiger charge is 2.65. The van der Waals surface area contributed by atoms with Gasteiger partial charge in [0.25, 0.3) is 5.91 Å². The fraction of sp³-hybridized carbons (Fsp3) is 0.0714. The number of halogens is 7. The summed E-state index contributed by atoms with van der Waals surface area (Å²) in [6.07, 6.45) is 0. The Hall–Kier alpha value is -1.71. The Labute approximate surface area is 149 Å². The van der Waals surface area contributed by atoms with Gasteiger partial charge in [-0.1, -0.05) is 48.7 Å². The number of nitrogens with one attached hydrogen (secondary N) is 1. The zero-order chi connectivity index (χ0) is 19.1. The molecule has 138 valence electrons. The van der Waals surface area contributed by atoms with E-state index >= 15 is 0 Å². The Kier molecular flexibility index (Phi) is 4.43. The first-order valence-corrected chi connectivity index (χ1v) is 9.10. The molecule has 0 saturated carbocycles. The van der Waals surface area contributed by atoms with E-state index < -0.39 is 32.5 Å². The molecule has 2 aromatic rings. The highest BCUT2D eigenvalue weighted by Crippen LogP contribution is 3.02. The zero-order valence-corrected chi connectivity index (χ0v) is 14.7. The molecule has 0 heterocycles. The first kappa shape index (κ1) is 19.6. The van der Waals surface area contributed by atoms with Crippen LogP contribution >= 0.6 is 33.4 Å². The lowest BCUT2D eigenvalue weighted by molar-refractivity contribution is 0.102. The molecule has 0 bridgehead atoms. The summed E-state index contributed by atoms with van der Waals surface area (Å²) in [4.78, 5) is 10.0. The van der Waals surface area contributed by atoms with Crippen molar-refractivity contribution in [2.24, 2.45) is 0 Å². The van der Waals surface area contributed by atoms with E-state index in [9.17, 15) is 24.2 Å². The van der Waals surface area contributed by atoms with E-state index in [-0.39, 0.29) is 27.7 Å². The number of rotatable bonds is 4. The third-order valence-corrected chi connectivity index (χ3v) is 4.77. The number of methoxy groups -OCH3 is 1. The van der Waals surface area contributed by atoms with E-state index in [1.807, 2.05) is 0 Å². The molecule has 2 aromatic carbocycles. The van der Waals surface area contributed by atoms with E-state index in [1.54, 1.807) is 0 Å². The molecule has 0 atom stereocenters. The van der Waals surface area contributed by atoms with Crippen LogP contribution in [0.25, 0.3) is 0 Å². The summed E-state index contributed by atoms with van der Waals surface area (Å²) in [5.74, 6) is -1.47. The maximum absolute atomic E-state index is 13.0. The standard InChI is InChI=1S/C14H10Cl2F5NO2S/c1-24-9-5-8(6-10(7-9)25(17,18,19,20)21)22-14(23)13-11(15)3-2-4-12(13)16/h2-7H,1H3,(H,22,23). The van der Waals surface area contributed by atoms with Crippen molar-refractivity contribution in [2.75, 3.05) is 12.4 Å². The molecule has 0 fully saturated rings. The molecule has 1 amide bonds. The van der Waals surface area contributed by atoms with E-state index in [1.165, 1.54) is 18.2 Å². The van der Waals surface area contributed by atoms with Gasteiger partial charge in [0.1, 0.15) is 10.6 Å². The quantitative estimate of drug-likeness (QED) is 0.544. The molecule has 0 aliphatic carbocycles. The van der Waals surface area contributed by atoms with Gasteiger partial charge >= 0.3 is 10.2 Å². The number of amides is 1. The van der Waals surface area contributed by atoms with Crippen molar-refractivity contribution in [3.63, 3.8) is 0 Å². The second kappa shape index (κ2) is 5.65. The third kappa shape index (κ3) is 4.68. The van der Waals surface area contributed by atoms with Crippen LogP contribution < -0.4 is 10.1 Å². The first-order valence-electron chi connectivity index (χ1n) is 6.40. The SMILES string of the molecule is COc1cc(NC(=O)c2c(Cl)cccc2Cl)cc(S(F)(F)(F)(F)F)c1. The van der Waals surface area contributed by atoms with Gasteiger partial charge in [-0.25, -0.2) is 0 Å². The lowest BCUT2D eigenvalue weighted by Crippen LogP contribution is -2.14. The Balaban J connectivity index is 2.49. The molecule has 0 radical (unpaired) electrons. The maximum atomic E-state index is 13.0. The van der Waals surface area contributed by atoms with E-state index in [2.05, 4.69) is 10.1 Å². The van der Waals surface area contributed by atoms with Gasteiger partial charge in [-0.3, -0.25) is 4.79 Å². The molecule has 0 aliphatic rings. The number of ether oxygens (including phenoxy) is 1. The number of anilines is 1. The number of hydrogen-bond donors (Lipinski definition) is 1. The average molecular weight is 422 g/mol. The van der Waals surface area contributed by atoms with Gasteiger partial charge in [0.15, 0.2) is 0 Å². The predicted molar refractivity (Wildman–Crippen MR) is 88.8 cm³/mol. The van der Waals surface area contributed by atoms with Crippen molar-refractivity contribution < 1.29 is 29.0 Å². The molecular formula is C14H10Cl2F5NO2S. The molecule has 2 rings (SSSR count). The van der Waals surface area contributed by atoms with Gasteiger partial charge in [-0.2, -0.15) is 0 Å². The van der Waals surface area contributed by atoms with Crippen LogP contribution in [-0.4, -0.2) is 13.0 Å². The summed E-state index contributed by atoms with van der Waals surface area (Å²) in [6.45, 7) is 0. The smallest absolute Gasteiger partial charge is 0.310 e. The Morgan fingerprint density at radius 1 is 1.04 bits per heavy atom. The number of hydrogen-bond acceptors (Lipinski definition) is 2. The van der Waals surface area contributed by atoms with Crippen LogP contribution in [0.3, 0.4) is 0 Å². The van der Waals surface area contributed by atoms with Crippen LogP contribution in [0.5, 0.6) is 5.75 Å². The van der Waals surface area contributed by atoms with Gasteiger partial charge in [0.05, 0.1) is 22.7 Å². The molecule has 3 nitrogen and oxygen atoms in total. The van der Waals surface area contributed by atoms with Crippen molar-refractivity contribution in [3.8, 4) is 5.75 Å². The average Bonchev–Trinajstić information content (AvgIpc) is 2.44. The number of carbonyl (C=O) groups excluding carboxylic acids is 1. The molecule has 0 saturated heterocycles. The minimum Gasteiger partial charge on any atom is -0.497 e. The topological polar surface area (TPSA) is 38.3 Å². The molecule has 25 heavy (non-hydrogen) atoms. The lowest BCUT2D eigenvalue weighted by atomic mass is 10.2. The van der Waals surface area contributed by atoms with Crippen molar-refractivity contribution in [3.05, 3.63) is 52.0 Å². The normalized spacial score (nSPS) is 14.4. The van der Waals surface area contributed by atoms with Gasteiger partial charge in [-0.05, 0) is 18.2 Å². The zero-order valence-electron chi connectivity index (χ0n) is 12.3.